The number of carbonyl (C=O) groups is 1. The van der Waals surface area contributed by atoms with E-state index in [1.54, 1.807) is 0 Å². The molecule has 1 aliphatic rings. The maximum atomic E-state index is 13.6. The van der Waals surface area contributed by atoms with Crippen molar-refractivity contribution >= 4 is 34.5 Å². The third-order valence-corrected chi connectivity index (χ3v) is 6.47. The maximum Gasteiger partial charge on any atom is 0.254 e. The first-order valence-electron chi connectivity index (χ1n) is 11.6. The number of benzene rings is 3. The fourth-order valence-corrected chi connectivity index (χ4v) is 4.45. The van der Waals surface area contributed by atoms with E-state index in [1.165, 1.54) is 5.56 Å². The van der Waals surface area contributed by atoms with Gasteiger partial charge in [0.25, 0.3) is 5.91 Å². The highest BCUT2D eigenvalue weighted by atomic mass is 35.5. The zero-order chi connectivity index (χ0) is 23.3. The van der Waals surface area contributed by atoms with Crippen LogP contribution in [0.15, 0.2) is 91.0 Å². The smallest absolute Gasteiger partial charge is 0.254 e. The lowest BCUT2D eigenvalue weighted by molar-refractivity contribution is 0.0652. The summed E-state index contributed by atoms with van der Waals surface area (Å²) in [5.41, 5.74) is 4.45. The number of fused-ring (bicyclic) bond motifs is 1. The molecule has 0 N–H and O–H groups in total. The zero-order valence-electron chi connectivity index (χ0n) is 18.9. The summed E-state index contributed by atoms with van der Waals surface area (Å²) in [7, 11) is 0. The predicted molar refractivity (Wildman–Crippen MR) is 140 cm³/mol. The van der Waals surface area contributed by atoms with E-state index in [-0.39, 0.29) is 5.91 Å². The molecule has 34 heavy (non-hydrogen) atoms. The Morgan fingerprint density at radius 1 is 0.882 bits per heavy atom. The van der Waals surface area contributed by atoms with Gasteiger partial charge in [0, 0.05) is 48.7 Å². The van der Waals surface area contributed by atoms with Gasteiger partial charge in [0.2, 0.25) is 0 Å². The Balaban J connectivity index is 1.31. The van der Waals surface area contributed by atoms with Gasteiger partial charge in [0.1, 0.15) is 0 Å². The number of piperazine rings is 1. The molecule has 1 aromatic heterocycles. The number of pyridine rings is 1. The van der Waals surface area contributed by atoms with Crippen LogP contribution in [0.5, 0.6) is 0 Å². The van der Waals surface area contributed by atoms with E-state index in [9.17, 15) is 4.79 Å². The highest BCUT2D eigenvalue weighted by molar-refractivity contribution is 6.30. The number of hydrogen-bond acceptors (Lipinski definition) is 3. The largest absolute Gasteiger partial charge is 0.336 e. The van der Waals surface area contributed by atoms with Crippen molar-refractivity contribution in [3.8, 4) is 11.3 Å². The number of para-hydroxylation sites is 1. The van der Waals surface area contributed by atoms with E-state index < -0.39 is 0 Å². The van der Waals surface area contributed by atoms with Gasteiger partial charge in [-0.2, -0.15) is 0 Å². The lowest BCUT2D eigenvalue weighted by atomic mass is 10.0. The van der Waals surface area contributed by atoms with Crippen molar-refractivity contribution in [1.29, 1.82) is 0 Å². The number of aromatic nitrogens is 1. The third-order valence-electron chi connectivity index (χ3n) is 6.22. The van der Waals surface area contributed by atoms with Crippen molar-refractivity contribution in [1.82, 2.24) is 14.8 Å². The first kappa shape index (κ1) is 22.3. The van der Waals surface area contributed by atoms with E-state index in [1.807, 2.05) is 77.7 Å². The Morgan fingerprint density at radius 3 is 2.35 bits per heavy atom. The molecule has 0 saturated carbocycles. The minimum absolute atomic E-state index is 0.0632. The molecule has 1 saturated heterocycles. The fraction of sp³-hybridized carbons (Fsp3) is 0.172. The summed E-state index contributed by atoms with van der Waals surface area (Å²) in [6.45, 7) is 4.03. The Kier molecular flexibility index (Phi) is 6.70. The van der Waals surface area contributed by atoms with Crippen LogP contribution in [0.25, 0.3) is 28.2 Å². The van der Waals surface area contributed by atoms with Crippen LogP contribution in [0.3, 0.4) is 0 Å². The number of halogens is 1. The second-order valence-electron chi connectivity index (χ2n) is 8.48. The molecule has 0 radical (unpaired) electrons. The first-order chi connectivity index (χ1) is 16.7. The standard InChI is InChI=1S/C29H26ClN3O/c30-24-14-12-23(13-15-24)28-21-26(25-10-4-5-11-27(25)31-28)29(34)33-19-17-32(18-20-33)16-6-9-22-7-2-1-3-8-22/h1-15,21H,16-20H2/b9-6+. The van der Waals surface area contributed by atoms with Crippen LogP contribution in [-0.2, 0) is 0 Å². The lowest BCUT2D eigenvalue weighted by Crippen LogP contribution is -2.48. The molecule has 5 rings (SSSR count). The Hall–Kier alpha value is -3.47. The van der Waals surface area contributed by atoms with Crippen molar-refractivity contribution in [3.05, 3.63) is 107 Å². The molecule has 0 atom stereocenters. The van der Waals surface area contributed by atoms with E-state index in [2.05, 4.69) is 29.2 Å². The van der Waals surface area contributed by atoms with Gasteiger partial charge in [-0.05, 0) is 29.8 Å². The fourth-order valence-electron chi connectivity index (χ4n) is 4.33. The van der Waals surface area contributed by atoms with Crippen molar-refractivity contribution in [2.24, 2.45) is 0 Å². The van der Waals surface area contributed by atoms with Crippen LogP contribution >= 0.6 is 11.6 Å². The summed E-state index contributed by atoms with van der Waals surface area (Å²) in [4.78, 5) is 22.8. The van der Waals surface area contributed by atoms with Crippen LogP contribution in [0.4, 0.5) is 0 Å². The summed E-state index contributed by atoms with van der Waals surface area (Å²) in [6.07, 6.45) is 4.35. The summed E-state index contributed by atoms with van der Waals surface area (Å²) in [5.74, 6) is 0.0632. The Labute approximate surface area is 205 Å². The quantitative estimate of drug-likeness (QED) is 0.359. The van der Waals surface area contributed by atoms with Crippen LogP contribution in [-0.4, -0.2) is 53.4 Å². The van der Waals surface area contributed by atoms with Crippen LogP contribution in [0.2, 0.25) is 5.02 Å². The zero-order valence-corrected chi connectivity index (χ0v) is 19.7. The first-order valence-corrected chi connectivity index (χ1v) is 11.9. The molecule has 0 aliphatic carbocycles. The molecular formula is C29H26ClN3O. The van der Waals surface area contributed by atoms with Crippen molar-refractivity contribution in [3.63, 3.8) is 0 Å². The number of amides is 1. The second kappa shape index (κ2) is 10.2. The van der Waals surface area contributed by atoms with Crippen molar-refractivity contribution in [2.75, 3.05) is 32.7 Å². The minimum Gasteiger partial charge on any atom is -0.336 e. The van der Waals surface area contributed by atoms with Gasteiger partial charge in [-0.25, -0.2) is 4.98 Å². The minimum atomic E-state index is 0.0632. The van der Waals surface area contributed by atoms with Crippen molar-refractivity contribution in [2.45, 2.75) is 0 Å². The molecule has 1 fully saturated rings. The van der Waals surface area contributed by atoms with Crippen molar-refractivity contribution < 1.29 is 4.79 Å². The molecule has 5 heteroatoms. The maximum absolute atomic E-state index is 13.6. The molecule has 2 heterocycles. The summed E-state index contributed by atoms with van der Waals surface area (Å²) >= 11 is 6.06. The van der Waals surface area contributed by atoms with Gasteiger partial charge in [0.15, 0.2) is 0 Å². The summed E-state index contributed by atoms with van der Waals surface area (Å²) in [5, 5.41) is 1.57. The number of rotatable bonds is 5. The van der Waals surface area contributed by atoms with Gasteiger partial charge in [0.05, 0.1) is 16.8 Å². The number of nitrogens with zero attached hydrogens (tertiary/aromatic N) is 3. The van der Waals surface area contributed by atoms with Gasteiger partial charge in [-0.15, -0.1) is 0 Å². The number of hydrogen-bond donors (Lipinski definition) is 0. The Bertz CT molecular complexity index is 1310. The molecule has 170 valence electrons. The monoisotopic (exact) mass is 467 g/mol. The molecule has 3 aromatic carbocycles. The van der Waals surface area contributed by atoms with E-state index in [0.29, 0.717) is 23.7 Å². The van der Waals surface area contributed by atoms with Gasteiger partial charge in [-0.3, -0.25) is 9.69 Å². The normalized spacial score (nSPS) is 14.7. The van der Waals surface area contributed by atoms with Crippen LogP contribution in [0, 0.1) is 0 Å². The SMILES string of the molecule is O=C(c1cc(-c2ccc(Cl)cc2)nc2ccccc12)N1CCN(C/C=C/c2ccccc2)CC1. The highest BCUT2D eigenvalue weighted by Gasteiger charge is 2.24. The second-order valence-corrected chi connectivity index (χ2v) is 8.92. The van der Waals surface area contributed by atoms with E-state index in [0.717, 1.165) is 41.8 Å². The lowest BCUT2D eigenvalue weighted by Gasteiger charge is -2.34. The summed E-state index contributed by atoms with van der Waals surface area (Å²) < 4.78 is 0. The third kappa shape index (κ3) is 5.04. The molecule has 0 unspecified atom stereocenters. The average molecular weight is 468 g/mol. The van der Waals surface area contributed by atoms with Gasteiger partial charge < -0.3 is 4.90 Å². The van der Waals surface area contributed by atoms with E-state index in [4.69, 9.17) is 16.6 Å². The topological polar surface area (TPSA) is 36.4 Å². The molecular weight excluding hydrogens is 442 g/mol. The molecule has 4 nitrogen and oxygen atoms in total. The van der Waals surface area contributed by atoms with Gasteiger partial charge >= 0.3 is 0 Å². The van der Waals surface area contributed by atoms with E-state index >= 15 is 0 Å². The molecule has 1 aliphatic heterocycles. The van der Waals surface area contributed by atoms with Gasteiger partial charge in [-0.1, -0.05) is 84.4 Å². The highest BCUT2D eigenvalue weighted by Crippen LogP contribution is 2.27. The van der Waals surface area contributed by atoms with Crippen LogP contribution in [0.1, 0.15) is 15.9 Å². The average Bonchev–Trinajstić information content (AvgIpc) is 2.89. The molecule has 0 bridgehead atoms. The molecule has 0 spiro atoms. The number of carbonyl (C=O) groups excluding carboxylic acids is 1. The predicted octanol–water partition coefficient (Wildman–Crippen LogP) is 6.03. The van der Waals surface area contributed by atoms with Crippen LogP contribution < -0.4 is 0 Å². The Morgan fingerprint density at radius 2 is 1.59 bits per heavy atom. The molecule has 1 amide bonds. The molecule has 4 aromatic rings. The summed E-state index contributed by atoms with van der Waals surface area (Å²) in [6, 6.07) is 27.7.